The Kier molecular flexibility index (Phi) is 5.42. The fourth-order valence-electron chi connectivity index (χ4n) is 4.35. The smallest absolute Gasteiger partial charge is 0.249 e. The summed E-state index contributed by atoms with van der Waals surface area (Å²) in [4.78, 5) is 12.4. The lowest BCUT2D eigenvalue weighted by Crippen LogP contribution is -2.11. The fraction of sp³-hybridized carbons (Fsp3) is 0.0741. The highest BCUT2D eigenvalue weighted by molar-refractivity contribution is 7.90. The van der Waals surface area contributed by atoms with E-state index in [2.05, 4.69) is 6.07 Å². The third-order valence-corrected chi connectivity index (χ3v) is 7.60. The van der Waals surface area contributed by atoms with Crippen molar-refractivity contribution in [2.24, 2.45) is 5.73 Å². The summed E-state index contributed by atoms with van der Waals surface area (Å²) in [6, 6.07) is 26.5. The minimum Gasteiger partial charge on any atom is -0.366 e. The largest absolute Gasteiger partial charge is 0.366 e. The third-order valence-electron chi connectivity index (χ3n) is 5.92. The quantitative estimate of drug-likeness (QED) is 0.384. The summed E-state index contributed by atoms with van der Waals surface area (Å²) in [6.07, 6.45) is 0. The number of benzene rings is 4. The monoisotopic (exact) mass is 471 g/mol. The summed E-state index contributed by atoms with van der Waals surface area (Å²) in [7, 11) is -3.55. The van der Waals surface area contributed by atoms with Crippen LogP contribution in [0.4, 0.5) is 4.39 Å². The molecule has 0 fully saturated rings. The van der Waals surface area contributed by atoms with Crippen LogP contribution in [0.2, 0.25) is 0 Å². The van der Waals surface area contributed by atoms with Gasteiger partial charge >= 0.3 is 0 Å². The molecular weight excluding hydrogens is 451 g/mol. The molecule has 1 heterocycles. The number of amides is 1. The second-order valence-corrected chi connectivity index (χ2v) is 10.0. The van der Waals surface area contributed by atoms with Crippen LogP contribution in [0.25, 0.3) is 21.8 Å². The zero-order chi connectivity index (χ0) is 23.9. The molecule has 5 rings (SSSR count). The molecule has 7 heteroatoms. The van der Waals surface area contributed by atoms with E-state index < -0.39 is 21.6 Å². The Hall–Kier alpha value is -3.97. The van der Waals surface area contributed by atoms with Crippen LogP contribution in [0.1, 0.15) is 21.5 Å². The summed E-state index contributed by atoms with van der Waals surface area (Å²) in [6.45, 7) is 0.322. The number of sulfone groups is 1. The topological polar surface area (TPSA) is 82.2 Å². The average molecular weight is 472 g/mol. The fourth-order valence-corrected chi connectivity index (χ4v) is 5.78. The van der Waals surface area contributed by atoms with Gasteiger partial charge in [-0.15, -0.1) is 0 Å². The van der Waals surface area contributed by atoms with Gasteiger partial charge in [0.05, 0.1) is 21.7 Å². The molecular formula is C27H20FN2O3S. The Bertz CT molecular complexity index is 1660. The van der Waals surface area contributed by atoms with Crippen LogP contribution in [-0.4, -0.2) is 18.9 Å². The van der Waals surface area contributed by atoms with Crippen molar-refractivity contribution < 1.29 is 17.6 Å². The van der Waals surface area contributed by atoms with Gasteiger partial charge < -0.3 is 10.3 Å². The van der Waals surface area contributed by atoms with Gasteiger partial charge in [-0.25, -0.2) is 12.8 Å². The second kappa shape index (κ2) is 8.43. The molecule has 1 aromatic heterocycles. The first-order valence-corrected chi connectivity index (χ1v) is 12.3. The Morgan fingerprint density at radius 2 is 1.56 bits per heavy atom. The van der Waals surface area contributed by atoms with E-state index in [1.165, 1.54) is 6.07 Å². The predicted molar refractivity (Wildman–Crippen MR) is 130 cm³/mol. The van der Waals surface area contributed by atoms with Crippen LogP contribution < -0.4 is 5.73 Å². The first-order valence-electron chi connectivity index (χ1n) is 10.6. The maximum atomic E-state index is 14.1. The van der Waals surface area contributed by atoms with Crippen LogP contribution in [0, 0.1) is 11.9 Å². The molecule has 0 aliphatic rings. The van der Waals surface area contributed by atoms with Crippen molar-refractivity contribution in [1.29, 1.82) is 0 Å². The van der Waals surface area contributed by atoms with Crippen molar-refractivity contribution in [3.63, 3.8) is 0 Å². The predicted octanol–water partition coefficient (Wildman–Crippen LogP) is 4.85. The van der Waals surface area contributed by atoms with Crippen LogP contribution in [0.15, 0.2) is 89.8 Å². The second-order valence-electron chi connectivity index (χ2n) is 8.06. The SMILES string of the molecule is NC(=O)c1cccc2c1c1[c]c(F)ccc1n2Cc1ccccc1CS(=O)(=O)c1ccccc1. The normalized spacial score (nSPS) is 11.8. The molecule has 0 unspecified atom stereocenters. The molecule has 0 spiro atoms. The van der Waals surface area contributed by atoms with E-state index in [1.807, 2.05) is 22.8 Å². The zero-order valence-corrected chi connectivity index (χ0v) is 18.8. The number of hydrogen-bond donors (Lipinski definition) is 1. The van der Waals surface area contributed by atoms with Crippen molar-refractivity contribution in [2.75, 3.05) is 0 Å². The Morgan fingerprint density at radius 3 is 2.29 bits per heavy atom. The summed E-state index contributed by atoms with van der Waals surface area (Å²) in [5.41, 5.74) is 8.70. The summed E-state index contributed by atoms with van der Waals surface area (Å²) >= 11 is 0. The van der Waals surface area contributed by atoms with Crippen LogP contribution in [0.3, 0.4) is 0 Å². The van der Waals surface area contributed by atoms with E-state index in [-0.39, 0.29) is 16.2 Å². The minimum atomic E-state index is -3.55. The van der Waals surface area contributed by atoms with Crippen LogP contribution in [0.5, 0.6) is 0 Å². The number of carbonyl (C=O) groups is 1. The number of nitrogens with zero attached hydrogens (tertiary/aromatic N) is 1. The lowest BCUT2D eigenvalue weighted by atomic mass is 10.1. The lowest BCUT2D eigenvalue weighted by molar-refractivity contribution is 0.100. The minimum absolute atomic E-state index is 0.155. The molecule has 1 radical (unpaired) electrons. The summed E-state index contributed by atoms with van der Waals surface area (Å²) in [5.74, 6) is -1.31. The maximum absolute atomic E-state index is 14.1. The Morgan fingerprint density at radius 1 is 0.853 bits per heavy atom. The van der Waals surface area contributed by atoms with Crippen LogP contribution in [-0.2, 0) is 22.1 Å². The summed E-state index contributed by atoms with van der Waals surface area (Å²) < 4.78 is 42.1. The molecule has 0 saturated carbocycles. The molecule has 5 aromatic rings. The van der Waals surface area contributed by atoms with Gasteiger partial charge in [-0.05, 0) is 47.5 Å². The molecule has 34 heavy (non-hydrogen) atoms. The standard InChI is InChI=1S/C27H20FN2O3S/c28-20-13-14-24-23(15-20)26-22(27(29)31)11-6-12-25(26)30(24)16-18-7-4-5-8-19(18)17-34(32,33)21-9-2-1-3-10-21/h1-14H,16-17H2,(H2,29,31). The number of fused-ring (bicyclic) bond motifs is 3. The number of hydrogen-bond acceptors (Lipinski definition) is 3. The van der Waals surface area contributed by atoms with Gasteiger partial charge in [0.15, 0.2) is 9.84 Å². The van der Waals surface area contributed by atoms with Gasteiger partial charge in [-0.1, -0.05) is 48.5 Å². The van der Waals surface area contributed by atoms with Crippen molar-refractivity contribution in [3.05, 3.63) is 114 Å². The molecule has 0 aliphatic carbocycles. The molecule has 0 saturated heterocycles. The van der Waals surface area contributed by atoms with Crippen LogP contribution >= 0.6 is 0 Å². The summed E-state index contributed by atoms with van der Waals surface area (Å²) in [5, 5.41) is 0.984. The van der Waals surface area contributed by atoms with Crippen molar-refractivity contribution in [3.8, 4) is 0 Å². The number of halogens is 1. The molecule has 4 aromatic carbocycles. The molecule has 1 amide bonds. The van der Waals surface area contributed by atoms with Crippen molar-refractivity contribution >= 4 is 37.6 Å². The van der Waals surface area contributed by atoms with Gasteiger partial charge in [-0.3, -0.25) is 4.79 Å². The number of primary amides is 1. The van der Waals surface area contributed by atoms with Gasteiger partial charge in [0.2, 0.25) is 5.91 Å². The highest BCUT2D eigenvalue weighted by atomic mass is 32.2. The van der Waals surface area contributed by atoms with Gasteiger partial charge in [0.25, 0.3) is 0 Å². The molecule has 169 valence electrons. The van der Waals surface area contributed by atoms with E-state index in [0.29, 0.717) is 33.9 Å². The van der Waals surface area contributed by atoms with E-state index >= 15 is 0 Å². The Balaban J connectivity index is 1.65. The molecule has 5 nitrogen and oxygen atoms in total. The number of aromatic nitrogens is 1. The molecule has 2 N–H and O–H groups in total. The molecule has 0 aliphatic heterocycles. The maximum Gasteiger partial charge on any atom is 0.249 e. The van der Waals surface area contributed by atoms with E-state index in [0.717, 1.165) is 5.56 Å². The number of nitrogens with two attached hydrogens (primary N) is 1. The molecule has 0 bridgehead atoms. The highest BCUT2D eigenvalue weighted by Crippen LogP contribution is 2.33. The lowest BCUT2D eigenvalue weighted by Gasteiger charge is -2.13. The first kappa shape index (κ1) is 21.9. The van der Waals surface area contributed by atoms with Gasteiger partial charge in [0, 0.05) is 28.9 Å². The first-order chi connectivity index (χ1) is 16.3. The Labute approximate surface area is 196 Å². The van der Waals surface area contributed by atoms with E-state index in [4.69, 9.17) is 5.73 Å². The number of rotatable bonds is 6. The average Bonchev–Trinajstić information content (AvgIpc) is 3.13. The van der Waals surface area contributed by atoms with Gasteiger partial charge in [0.1, 0.15) is 5.82 Å². The zero-order valence-electron chi connectivity index (χ0n) is 18.0. The van der Waals surface area contributed by atoms with Crippen molar-refractivity contribution in [1.82, 2.24) is 4.57 Å². The highest BCUT2D eigenvalue weighted by Gasteiger charge is 2.20. The van der Waals surface area contributed by atoms with E-state index in [9.17, 15) is 17.6 Å². The number of carbonyl (C=O) groups excluding carboxylic acids is 1. The van der Waals surface area contributed by atoms with E-state index in [1.54, 1.807) is 60.7 Å². The van der Waals surface area contributed by atoms with Crippen molar-refractivity contribution in [2.45, 2.75) is 17.2 Å². The third kappa shape index (κ3) is 3.84. The molecule has 0 atom stereocenters. The van der Waals surface area contributed by atoms with Gasteiger partial charge in [-0.2, -0.15) is 0 Å².